The van der Waals surface area contributed by atoms with Gasteiger partial charge in [0.15, 0.2) is 0 Å². The summed E-state index contributed by atoms with van der Waals surface area (Å²) in [4.78, 5) is -0.580. The number of benzene rings is 1. The van der Waals surface area contributed by atoms with Crippen LogP contribution in [0.5, 0.6) is 0 Å². The molecular formula is C8H8N2O6S2-2. The SMILES string of the molecule is N=C(N)OC(O)c1cc(S(=O)[O-])ccc1S(=O)[O-]. The summed E-state index contributed by atoms with van der Waals surface area (Å²) in [5, 5.41) is 16.3. The van der Waals surface area contributed by atoms with Gasteiger partial charge in [-0.25, -0.2) is 0 Å². The first-order valence-electron chi connectivity index (χ1n) is 4.34. The molecule has 0 aliphatic rings. The Morgan fingerprint density at radius 2 is 2.00 bits per heavy atom. The molecule has 3 atom stereocenters. The zero-order valence-corrected chi connectivity index (χ0v) is 10.3. The minimum Gasteiger partial charge on any atom is -0.768 e. The van der Waals surface area contributed by atoms with Gasteiger partial charge in [-0.3, -0.25) is 13.8 Å². The lowest BCUT2D eigenvalue weighted by molar-refractivity contribution is -0.0343. The highest BCUT2D eigenvalue weighted by molar-refractivity contribution is 7.79. The van der Waals surface area contributed by atoms with E-state index < -0.39 is 34.5 Å². The van der Waals surface area contributed by atoms with Crippen LogP contribution < -0.4 is 5.73 Å². The van der Waals surface area contributed by atoms with Crippen molar-refractivity contribution in [1.82, 2.24) is 0 Å². The van der Waals surface area contributed by atoms with Gasteiger partial charge in [0, 0.05) is 15.4 Å². The van der Waals surface area contributed by atoms with Crippen LogP contribution in [0, 0.1) is 5.41 Å². The Hall–Kier alpha value is -1.33. The summed E-state index contributed by atoms with van der Waals surface area (Å²) in [7, 11) is 0. The van der Waals surface area contributed by atoms with Crippen LogP contribution in [0.15, 0.2) is 28.0 Å². The van der Waals surface area contributed by atoms with Crippen molar-refractivity contribution in [3.05, 3.63) is 23.8 Å². The first kappa shape index (κ1) is 14.7. The highest BCUT2D eigenvalue weighted by Crippen LogP contribution is 2.24. The molecule has 0 aliphatic heterocycles. The summed E-state index contributed by atoms with van der Waals surface area (Å²) in [6.45, 7) is 0. The van der Waals surface area contributed by atoms with Gasteiger partial charge in [-0.15, -0.1) is 0 Å². The third-order valence-corrected chi connectivity index (χ3v) is 3.23. The van der Waals surface area contributed by atoms with Crippen molar-refractivity contribution < 1.29 is 27.4 Å². The molecule has 0 saturated carbocycles. The Kier molecular flexibility index (Phi) is 4.93. The average molecular weight is 292 g/mol. The second-order valence-electron chi connectivity index (χ2n) is 3.00. The zero-order chi connectivity index (χ0) is 13.9. The maximum absolute atomic E-state index is 10.9. The maximum Gasteiger partial charge on any atom is 0.281 e. The van der Waals surface area contributed by atoms with Gasteiger partial charge in [0.2, 0.25) is 6.29 Å². The Balaban J connectivity index is 3.26. The van der Waals surface area contributed by atoms with E-state index in [4.69, 9.17) is 11.1 Å². The smallest absolute Gasteiger partial charge is 0.281 e. The quantitative estimate of drug-likeness (QED) is 0.279. The summed E-state index contributed by atoms with van der Waals surface area (Å²) in [6.07, 6.45) is -1.85. The normalized spacial score (nSPS) is 15.7. The third kappa shape index (κ3) is 3.58. The van der Waals surface area contributed by atoms with Gasteiger partial charge in [-0.2, -0.15) is 0 Å². The van der Waals surface area contributed by atoms with Crippen LogP contribution in [-0.4, -0.2) is 28.7 Å². The molecule has 1 aromatic rings. The van der Waals surface area contributed by atoms with E-state index in [-0.39, 0.29) is 15.4 Å². The molecule has 1 aromatic carbocycles. The van der Waals surface area contributed by atoms with Crippen molar-refractivity contribution in [2.45, 2.75) is 16.1 Å². The molecule has 1 rings (SSSR count). The zero-order valence-electron chi connectivity index (χ0n) is 8.69. The topological polar surface area (TPSA) is 160 Å². The average Bonchev–Trinajstić information content (AvgIpc) is 2.26. The number of aliphatic hydroxyl groups is 1. The maximum atomic E-state index is 10.9. The van der Waals surface area contributed by atoms with Gasteiger partial charge in [0.1, 0.15) is 0 Å². The van der Waals surface area contributed by atoms with Crippen LogP contribution in [0.2, 0.25) is 0 Å². The van der Waals surface area contributed by atoms with Crippen molar-refractivity contribution >= 4 is 28.2 Å². The molecule has 18 heavy (non-hydrogen) atoms. The highest BCUT2D eigenvalue weighted by atomic mass is 32.2. The summed E-state index contributed by atoms with van der Waals surface area (Å²) >= 11 is -5.29. The molecule has 0 saturated heterocycles. The summed E-state index contributed by atoms with van der Waals surface area (Å²) in [6, 6.07) is 2.13. The van der Waals surface area contributed by atoms with E-state index >= 15 is 0 Å². The Morgan fingerprint density at radius 1 is 1.39 bits per heavy atom. The van der Waals surface area contributed by atoms with Gasteiger partial charge < -0.3 is 24.7 Å². The summed E-state index contributed by atoms with van der Waals surface area (Å²) in [5.74, 6) is 0. The van der Waals surface area contributed by atoms with Gasteiger partial charge in [0.05, 0.1) is 0 Å². The fraction of sp³-hybridized carbons (Fsp3) is 0.125. The molecule has 8 nitrogen and oxygen atoms in total. The number of nitrogens with one attached hydrogen (secondary N) is 1. The van der Waals surface area contributed by atoms with Gasteiger partial charge in [-0.05, 0) is 40.4 Å². The molecule has 10 heteroatoms. The summed E-state index contributed by atoms with van der Waals surface area (Å²) in [5.41, 5.74) is 4.56. The fourth-order valence-corrected chi connectivity index (χ4v) is 2.09. The largest absolute Gasteiger partial charge is 0.768 e. The fourth-order valence-electron chi connectivity index (χ4n) is 1.16. The van der Waals surface area contributed by atoms with Crippen LogP contribution in [0.3, 0.4) is 0 Å². The van der Waals surface area contributed by atoms with Crippen LogP contribution >= 0.6 is 0 Å². The van der Waals surface area contributed by atoms with E-state index in [0.717, 1.165) is 18.2 Å². The van der Waals surface area contributed by atoms with E-state index in [1.807, 2.05) is 0 Å². The second kappa shape index (κ2) is 6.02. The molecule has 0 aromatic heterocycles. The van der Waals surface area contributed by atoms with Crippen LogP contribution in [0.4, 0.5) is 0 Å². The molecule has 100 valence electrons. The predicted molar refractivity (Wildman–Crippen MR) is 58.8 cm³/mol. The number of ether oxygens (including phenoxy) is 1. The van der Waals surface area contributed by atoms with Crippen molar-refractivity contribution in [2.24, 2.45) is 5.73 Å². The number of aliphatic hydroxyl groups excluding tert-OH is 1. The van der Waals surface area contributed by atoms with Gasteiger partial charge >= 0.3 is 0 Å². The van der Waals surface area contributed by atoms with E-state index in [1.165, 1.54) is 0 Å². The van der Waals surface area contributed by atoms with Crippen molar-refractivity contribution in [3.8, 4) is 0 Å². The minimum absolute atomic E-state index is 0.231. The molecule has 0 fully saturated rings. The van der Waals surface area contributed by atoms with Crippen LogP contribution in [-0.2, 0) is 26.9 Å². The molecule has 4 N–H and O–H groups in total. The second-order valence-corrected chi connectivity index (χ2v) is 4.85. The first-order valence-corrected chi connectivity index (χ1v) is 6.49. The predicted octanol–water partition coefficient (Wildman–Crippen LogP) is -0.936. The van der Waals surface area contributed by atoms with Crippen molar-refractivity contribution in [3.63, 3.8) is 0 Å². The van der Waals surface area contributed by atoms with Gasteiger partial charge in [-0.1, -0.05) is 0 Å². The number of nitrogens with two attached hydrogens (primary N) is 1. The lowest BCUT2D eigenvalue weighted by Crippen LogP contribution is -2.19. The molecular weight excluding hydrogens is 284 g/mol. The Morgan fingerprint density at radius 3 is 2.44 bits per heavy atom. The lowest BCUT2D eigenvalue weighted by atomic mass is 10.2. The highest BCUT2D eigenvalue weighted by Gasteiger charge is 2.16. The first-order chi connectivity index (χ1) is 8.32. The van der Waals surface area contributed by atoms with E-state index in [9.17, 15) is 22.6 Å². The van der Waals surface area contributed by atoms with Gasteiger partial charge in [0.25, 0.3) is 6.02 Å². The number of hydrogen-bond donors (Lipinski definition) is 3. The third-order valence-electron chi connectivity index (χ3n) is 1.86. The monoisotopic (exact) mass is 292 g/mol. The van der Waals surface area contributed by atoms with Crippen LogP contribution in [0.25, 0.3) is 0 Å². The van der Waals surface area contributed by atoms with E-state index in [2.05, 4.69) is 4.74 Å². The molecule has 3 unspecified atom stereocenters. The standard InChI is InChI=1S/C8H10N2O6S2/c9-8(10)16-7(11)5-3-4(17(12)13)1-2-6(5)18(14)15/h1-3,7,11H,(H3,9,10)(H,12,13)(H,14,15)/p-2. The Bertz CT molecular complexity index is 520. The Labute approximate surface area is 107 Å². The minimum atomic E-state index is -2.70. The van der Waals surface area contributed by atoms with E-state index in [1.54, 1.807) is 0 Å². The molecule has 0 bridgehead atoms. The lowest BCUT2D eigenvalue weighted by Gasteiger charge is -2.18. The van der Waals surface area contributed by atoms with Crippen LogP contribution in [0.1, 0.15) is 11.9 Å². The number of rotatable bonds is 4. The molecule has 0 aliphatic carbocycles. The van der Waals surface area contributed by atoms with Crippen molar-refractivity contribution in [1.29, 1.82) is 5.41 Å². The summed E-state index contributed by atoms with van der Waals surface area (Å²) < 4.78 is 47.7. The number of hydrogen-bond acceptors (Lipinski definition) is 7. The van der Waals surface area contributed by atoms with E-state index in [0.29, 0.717) is 0 Å². The molecule has 0 radical (unpaired) electrons. The van der Waals surface area contributed by atoms with Crippen molar-refractivity contribution in [2.75, 3.05) is 0 Å². The molecule has 0 heterocycles. The molecule has 0 spiro atoms. The molecule has 0 amide bonds. The number of amidine groups is 1.